The fraction of sp³-hybridized carbons (Fsp3) is 0.375. The highest BCUT2D eigenvalue weighted by atomic mass is 16.5. The highest BCUT2D eigenvalue weighted by Gasteiger charge is 2.26. The molecule has 4 aromatic rings. The normalized spacial score (nSPS) is 11.7. The molecular weight excluding hydrogens is 610 g/mol. The number of nitrogens with zero attached hydrogens (tertiary/aromatic N) is 4. The summed E-state index contributed by atoms with van der Waals surface area (Å²) in [4.78, 5) is 32.8. The Balaban J connectivity index is 1.36. The first-order valence-corrected chi connectivity index (χ1v) is 17.3. The first-order chi connectivity index (χ1) is 23.7. The first-order valence-electron chi connectivity index (χ1n) is 17.3. The van der Waals surface area contributed by atoms with E-state index in [0.29, 0.717) is 32.7 Å². The van der Waals surface area contributed by atoms with Gasteiger partial charge in [0.1, 0.15) is 11.6 Å². The summed E-state index contributed by atoms with van der Waals surface area (Å²) in [6.45, 7) is 22.9. The van der Waals surface area contributed by atoms with Gasteiger partial charge in [-0.1, -0.05) is 63.8 Å². The number of allylic oxidation sites excluding steroid dienone is 1. The number of carbonyl (C=O) groups is 1. The molecule has 0 saturated carbocycles. The predicted octanol–water partition coefficient (Wildman–Crippen LogP) is 7.91. The average Bonchev–Trinajstić information content (AvgIpc) is 3.84. The molecule has 258 valence electrons. The molecule has 0 radical (unpaired) electrons. The summed E-state index contributed by atoms with van der Waals surface area (Å²) in [6.07, 6.45) is 6.28. The maximum Gasteiger partial charge on any atom is 0.220 e. The van der Waals surface area contributed by atoms with Crippen molar-refractivity contribution in [1.82, 2.24) is 35.1 Å². The number of carbonyl (C=O) groups excluding carboxylic acids is 1. The van der Waals surface area contributed by atoms with Crippen LogP contribution in [0.4, 0.5) is 0 Å². The van der Waals surface area contributed by atoms with Crippen LogP contribution in [0.2, 0.25) is 0 Å². The number of ether oxygens (including phenoxy) is 1. The van der Waals surface area contributed by atoms with Crippen LogP contribution in [0.15, 0.2) is 78.9 Å². The van der Waals surface area contributed by atoms with Gasteiger partial charge in [-0.3, -0.25) is 4.79 Å². The van der Waals surface area contributed by atoms with Gasteiger partial charge in [0.15, 0.2) is 0 Å². The number of benzene rings is 2. The summed E-state index contributed by atoms with van der Waals surface area (Å²) in [5.74, 6) is 1.79. The topological polar surface area (TPSA) is 102 Å². The van der Waals surface area contributed by atoms with Crippen molar-refractivity contribution >= 4 is 11.5 Å². The number of rotatable bonds is 17. The molecule has 0 saturated heterocycles. The van der Waals surface area contributed by atoms with Crippen LogP contribution >= 0.6 is 0 Å². The fourth-order valence-corrected chi connectivity index (χ4v) is 6.46. The van der Waals surface area contributed by atoms with Gasteiger partial charge in [0.05, 0.1) is 50.0 Å². The van der Waals surface area contributed by atoms with Gasteiger partial charge < -0.3 is 29.8 Å². The van der Waals surface area contributed by atoms with E-state index >= 15 is 0 Å². The lowest BCUT2D eigenvalue weighted by Crippen LogP contribution is -2.32. The van der Waals surface area contributed by atoms with Crippen LogP contribution in [0.1, 0.15) is 76.7 Å². The van der Waals surface area contributed by atoms with Crippen molar-refractivity contribution in [2.75, 3.05) is 33.4 Å². The molecule has 9 nitrogen and oxygen atoms in total. The van der Waals surface area contributed by atoms with Crippen LogP contribution in [0.3, 0.4) is 0 Å². The molecule has 5 rings (SSSR count). The van der Waals surface area contributed by atoms with Crippen LogP contribution in [0.25, 0.3) is 39.2 Å². The number of aromatic amines is 2. The largest absolute Gasteiger partial charge is 0.379 e. The molecule has 1 aliphatic rings. The number of methoxy groups -OCH3 is 1. The molecule has 2 aromatic heterocycles. The van der Waals surface area contributed by atoms with Crippen molar-refractivity contribution in [1.29, 1.82) is 0 Å². The first kappa shape index (κ1) is 35.4. The second kappa shape index (κ2) is 16.0. The van der Waals surface area contributed by atoms with Crippen LogP contribution < -0.4 is 5.32 Å². The van der Waals surface area contributed by atoms with Crippen LogP contribution in [-0.2, 0) is 22.6 Å². The average molecular weight is 662 g/mol. The number of imidazole rings is 2. The van der Waals surface area contributed by atoms with Crippen LogP contribution in [0, 0.1) is 0 Å². The molecule has 2 heterocycles. The molecule has 3 N–H and O–H groups in total. The summed E-state index contributed by atoms with van der Waals surface area (Å²) in [6, 6.07) is 13.4. The lowest BCUT2D eigenvalue weighted by Gasteiger charge is -2.25. The highest BCUT2D eigenvalue weighted by Crippen LogP contribution is 2.48. The van der Waals surface area contributed by atoms with Gasteiger partial charge in [-0.15, -0.1) is 0 Å². The van der Waals surface area contributed by atoms with Crippen molar-refractivity contribution < 1.29 is 9.53 Å². The summed E-state index contributed by atoms with van der Waals surface area (Å²) in [5, 5.41) is 2.94. The molecule has 1 amide bonds. The molecule has 0 aliphatic heterocycles. The van der Waals surface area contributed by atoms with E-state index in [1.165, 1.54) is 33.4 Å². The van der Waals surface area contributed by atoms with Gasteiger partial charge in [-0.05, 0) is 66.6 Å². The number of aromatic nitrogens is 4. The number of H-pyrrole nitrogens is 2. The standard InChI is InChI=1S/C40H51N7O2/c1-9-16-46(27(6)20-43-39(48)11-3)23-37-41-21-35(44-37)29-12-14-31-32-15-13-30(19-34(32)40(26(4)5)33(31)18-29)36-22-42-38(45-36)24-47(17-10-2)28(7)25-49-8/h12-15,18-19,21-22H,6-7,9-11,16-17,20,23-25H2,1-5,8H3,(H,41,44)(H,42,45)(H,43,48). The summed E-state index contributed by atoms with van der Waals surface area (Å²) < 4.78 is 5.33. The van der Waals surface area contributed by atoms with Crippen molar-refractivity contribution in [3.63, 3.8) is 0 Å². The smallest absolute Gasteiger partial charge is 0.220 e. The molecule has 0 atom stereocenters. The molecule has 0 bridgehead atoms. The Morgan fingerprint density at radius 1 is 0.796 bits per heavy atom. The zero-order chi connectivity index (χ0) is 35.1. The summed E-state index contributed by atoms with van der Waals surface area (Å²) >= 11 is 0. The number of fused-ring (bicyclic) bond motifs is 3. The van der Waals surface area contributed by atoms with E-state index in [4.69, 9.17) is 14.7 Å². The molecule has 0 unspecified atom stereocenters. The van der Waals surface area contributed by atoms with E-state index in [0.717, 1.165) is 71.5 Å². The molecule has 9 heteroatoms. The van der Waals surface area contributed by atoms with Crippen LogP contribution in [0.5, 0.6) is 0 Å². The minimum absolute atomic E-state index is 0.0224. The zero-order valence-corrected chi connectivity index (χ0v) is 30.0. The third-order valence-electron chi connectivity index (χ3n) is 8.93. The number of hydrogen-bond donors (Lipinski definition) is 3. The van der Waals surface area contributed by atoms with Crippen molar-refractivity contribution in [2.24, 2.45) is 0 Å². The number of nitrogens with one attached hydrogen (secondary N) is 3. The molecule has 49 heavy (non-hydrogen) atoms. The van der Waals surface area contributed by atoms with Crippen LogP contribution in [-0.4, -0.2) is 69.0 Å². The number of amides is 1. The molecule has 0 fully saturated rings. The van der Waals surface area contributed by atoms with E-state index in [1.54, 1.807) is 7.11 Å². The van der Waals surface area contributed by atoms with Gasteiger partial charge >= 0.3 is 0 Å². The fourth-order valence-electron chi connectivity index (χ4n) is 6.46. The van der Waals surface area contributed by atoms with Crippen molar-refractivity contribution in [2.45, 2.75) is 67.0 Å². The van der Waals surface area contributed by atoms with Crippen molar-refractivity contribution in [3.05, 3.63) is 102 Å². The van der Waals surface area contributed by atoms with E-state index in [-0.39, 0.29) is 5.91 Å². The van der Waals surface area contributed by atoms with Gasteiger partial charge in [0.2, 0.25) is 5.91 Å². The molecular formula is C40H51N7O2. The predicted molar refractivity (Wildman–Crippen MR) is 199 cm³/mol. The molecule has 1 aliphatic carbocycles. The lowest BCUT2D eigenvalue weighted by molar-refractivity contribution is -0.120. The maximum atomic E-state index is 11.8. The van der Waals surface area contributed by atoms with Gasteiger partial charge in [-0.25, -0.2) is 9.97 Å². The Bertz CT molecular complexity index is 1840. The Morgan fingerprint density at radius 2 is 1.31 bits per heavy atom. The maximum absolute atomic E-state index is 11.8. The Labute approximate surface area is 291 Å². The molecule has 0 spiro atoms. The monoisotopic (exact) mass is 661 g/mol. The quantitative estimate of drug-likeness (QED) is 0.0936. The summed E-state index contributed by atoms with van der Waals surface area (Å²) in [5.41, 5.74) is 13.4. The third-order valence-corrected chi connectivity index (χ3v) is 8.93. The highest BCUT2D eigenvalue weighted by molar-refractivity contribution is 6.03. The van der Waals surface area contributed by atoms with E-state index in [1.807, 2.05) is 19.3 Å². The summed E-state index contributed by atoms with van der Waals surface area (Å²) in [7, 11) is 1.70. The zero-order valence-electron chi connectivity index (χ0n) is 30.0. The third kappa shape index (κ3) is 8.05. The Morgan fingerprint density at radius 3 is 1.76 bits per heavy atom. The van der Waals surface area contributed by atoms with E-state index in [9.17, 15) is 4.79 Å². The van der Waals surface area contributed by atoms with E-state index < -0.39 is 0 Å². The van der Waals surface area contributed by atoms with Gasteiger partial charge in [-0.2, -0.15) is 0 Å². The second-order valence-electron chi connectivity index (χ2n) is 12.9. The minimum atomic E-state index is 0.0224. The Hall–Kier alpha value is -4.89. The molecule has 2 aromatic carbocycles. The minimum Gasteiger partial charge on any atom is -0.379 e. The van der Waals surface area contributed by atoms with Gasteiger partial charge in [0, 0.05) is 49.1 Å². The number of hydrogen-bond acceptors (Lipinski definition) is 6. The van der Waals surface area contributed by atoms with Crippen molar-refractivity contribution in [3.8, 4) is 33.6 Å². The second-order valence-corrected chi connectivity index (χ2v) is 12.9. The Kier molecular flexibility index (Phi) is 11.6. The lowest BCUT2D eigenvalue weighted by atomic mass is 9.96. The van der Waals surface area contributed by atoms with Gasteiger partial charge in [0.25, 0.3) is 0 Å². The van der Waals surface area contributed by atoms with E-state index in [2.05, 4.69) is 102 Å². The SMILES string of the molecule is C=C(CNC(=O)CC)N(CCC)Cc1ncc(-c2ccc3c(c2)C(=C(C)C)c2cc(-c4cnc(CN(CCC)C(=C)COC)[nH]4)ccc2-3)[nH]1.